The van der Waals surface area contributed by atoms with Gasteiger partial charge in [-0.15, -0.1) is 0 Å². The third-order valence-electron chi connectivity index (χ3n) is 4.98. The summed E-state index contributed by atoms with van der Waals surface area (Å²) in [4.78, 5) is 23.5. The summed E-state index contributed by atoms with van der Waals surface area (Å²) < 4.78 is 5.08. The van der Waals surface area contributed by atoms with Crippen LogP contribution in [-0.2, 0) is 9.59 Å². The number of hydrogen-bond donors (Lipinski definition) is 4. The van der Waals surface area contributed by atoms with Crippen molar-refractivity contribution in [1.29, 1.82) is 0 Å². The summed E-state index contributed by atoms with van der Waals surface area (Å²) in [5, 5.41) is 38.4. The number of aromatic hydroxyl groups is 2. The molecule has 1 aliphatic rings. The van der Waals surface area contributed by atoms with Gasteiger partial charge in [-0.1, -0.05) is 18.2 Å². The number of methoxy groups -OCH3 is 1. The summed E-state index contributed by atoms with van der Waals surface area (Å²) in [6.45, 7) is 0. The van der Waals surface area contributed by atoms with Gasteiger partial charge in [-0.3, -0.25) is 9.59 Å². The molecule has 1 fully saturated rings. The molecular weight excluding hydrogens is 340 g/mol. The third-order valence-corrected chi connectivity index (χ3v) is 4.98. The second-order valence-corrected chi connectivity index (χ2v) is 6.30. The minimum absolute atomic E-state index is 0.0394. The lowest BCUT2D eigenvalue weighted by Crippen LogP contribution is -2.51. The van der Waals surface area contributed by atoms with Crippen LogP contribution in [-0.4, -0.2) is 39.5 Å². The molecule has 0 saturated heterocycles. The number of aliphatic carboxylic acids is 2. The molecular formula is C19H18O7. The maximum atomic E-state index is 11.7. The van der Waals surface area contributed by atoms with E-state index in [9.17, 15) is 30.0 Å². The van der Waals surface area contributed by atoms with Gasteiger partial charge in [-0.2, -0.15) is 0 Å². The van der Waals surface area contributed by atoms with Gasteiger partial charge in [0.05, 0.1) is 18.9 Å². The van der Waals surface area contributed by atoms with Crippen molar-refractivity contribution >= 4 is 11.9 Å². The van der Waals surface area contributed by atoms with Crippen LogP contribution in [0, 0.1) is 11.8 Å². The van der Waals surface area contributed by atoms with Crippen LogP contribution < -0.4 is 4.74 Å². The molecule has 2 aromatic rings. The van der Waals surface area contributed by atoms with Crippen molar-refractivity contribution in [3.63, 3.8) is 0 Å². The first-order valence-corrected chi connectivity index (χ1v) is 7.96. The van der Waals surface area contributed by atoms with Crippen LogP contribution in [0.25, 0.3) is 0 Å². The van der Waals surface area contributed by atoms with E-state index in [1.165, 1.54) is 31.4 Å². The van der Waals surface area contributed by atoms with E-state index in [2.05, 4.69) is 0 Å². The second-order valence-electron chi connectivity index (χ2n) is 6.30. The fourth-order valence-electron chi connectivity index (χ4n) is 3.79. The van der Waals surface area contributed by atoms with Crippen molar-refractivity contribution in [3.8, 4) is 17.2 Å². The zero-order valence-corrected chi connectivity index (χ0v) is 13.9. The first-order valence-electron chi connectivity index (χ1n) is 7.96. The zero-order chi connectivity index (χ0) is 19.0. The SMILES string of the molecule is COc1cc([C@@H]2[C@H](C(=O)O)[C@H](C(=O)O)[C@H]2c2ccc(O)cc2)ccc1O. The van der Waals surface area contributed by atoms with Crippen molar-refractivity contribution < 1.29 is 34.8 Å². The number of carboxylic acid groups (broad SMARTS) is 2. The Hall–Kier alpha value is -3.22. The number of ether oxygens (including phenoxy) is 1. The first kappa shape index (κ1) is 17.6. The van der Waals surface area contributed by atoms with Crippen LogP contribution in [0.2, 0.25) is 0 Å². The van der Waals surface area contributed by atoms with Crippen LogP contribution in [0.5, 0.6) is 17.2 Å². The average Bonchev–Trinajstić information content (AvgIpc) is 2.56. The van der Waals surface area contributed by atoms with E-state index < -0.39 is 35.6 Å². The molecule has 136 valence electrons. The van der Waals surface area contributed by atoms with Crippen molar-refractivity contribution in [2.24, 2.45) is 11.8 Å². The van der Waals surface area contributed by atoms with Gasteiger partial charge < -0.3 is 25.2 Å². The average molecular weight is 358 g/mol. The normalized spacial score (nSPS) is 24.5. The minimum Gasteiger partial charge on any atom is -0.508 e. The standard InChI is InChI=1S/C19H18O7/c1-26-13-8-10(4-7-12(13)21)15-14(9-2-5-11(20)6-3-9)16(18(22)23)17(15)19(24)25/h2-8,14-17,20-21H,1H3,(H,22,23)(H,24,25)/t14-,15-,16+,17-/m0/s1. The van der Waals surface area contributed by atoms with E-state index in [0.29, 0.717) is 11.1 Å². The highest BCUT2D eigenvalue weighted by Crippen LogP contribution is 2.58. The molecule has 0 aliphatic heterocycles. The van der Waals surface area contributed by atoms with Gasteiger partial charge in [-0.25, -0.2) is 0 Å². The molecule has 1 saturated carbocycles. The van der Waals surface area contributed by atoms with E-state index >= 15 is 0 Å². The highest BCUT2D eigenvalue weighted by Gasteiger charge is 2.58. The Morgan fingerprint density at radius 1 is 0.846 bits per heavy atom. The van der Waals surface area contributed by atoms with E-state index in [-0.39, 0.29) is 17.2 Å². The Bertz CT molecular complexity index is 843. The number of phenolic OH excluding ortho intramolecular Hbond substituents is 2. The lowest BCUT2D eigenvalue weighted by Gasteiger charge is -2.48. The van der Waals surface area contributed by atoms with Crippen LogP contribution in [0.4, 0.5) is 0 Å². The Labute approximate surface area is 149 Å². The summed E-state index contributed by atoms with van der Waals surface area (Å²) in [7, 11) is 1.38. The highest BCUT2D eigenvalue weighted by molar-refractivity contribution is 5.85. The predicted molar refractivity (Wildman–Crippen MR) is 90.5 cm³/mol. The second kappa shape index (κ2) is 6.59. The number of carbonyl (C=O) groups is 2. The molecule has 7 heteroatoms. The van der Waals surface area contributed by atoms with Crippen LogP contribution in [0.15, 0.2) is 42.5 Å². The van der Waals surface area contributed by atoms with Gasteiger partial charge in [0.15, 0.2) is 11.5 Å². The smallest absolute Gasteiger partial charge is 0.308 e. The molecule has 0 amide bonds. The van der Waals surface area contributed by atoms with Gasteiger partial charge >= 0.3 is 11.9 Å². The number of hydrogen-bond acceptors (Lipinski definition) is 5. The summed E-state index contributed by atoms with van der Waals surface area (Å²) in [5.41, 5.74) is 1.20. The summed E-state index contributed by atoms with van der Waals surface area (Å²) in [6, 6.07) is 10.6. The number of benzene rings is 2. The van der Waals surface area contributed by atoms with Gasteiger partial charge in [-0.05, 0) is 35.4 Å². The summed E-state index contributed by atoms with van der Waals surface area (Å²) in [5.74, 6) is -5.62. The Balaban J connectivity index is 2.10. The van der Waals surface area contributed by atoms with Gasteiger partial charge in [0, 0.05) is 11.8 Å². The maximum Gasteiger partial charge on any atom is 0.308 e. The topological polar surface area (TPSA) is 124 Å². The largest absolute Gasteiger partial charge is 0.508 e. The van der Waals surface area contributed by atoms with Crippen molar-refractivity contribution in [2.45, 2.75) is 11.8 Å². The number of phenols is 2. The van der Waals surface area contributed by atoms with Crippen molar-refractivity contribution in [1.82, 2.24) is 0 Å². The van der Waals surface area contributed by atoms with Crippen molar-refractivity contribution in [2.75, 3.05) is 7.11 Å². The highest BCUT2D eigenvalue weighted by atomic mass is 16.5. The van der Waals surface area contributed by atoms with Gasteiger partial charge in [0.2, 0.25) is 0 Å². The minimum atomic E-state index is -1.19. The van der Waals surface area contributed by atoms with Crippen LogP contribution >= 0.6 is 0 Å². The molecule has 26 heavy (non-hydrogen) atoms. The van der Waals surface area contributed by atoms with E-state index in [4.69, 9.17) is 4.74 Å². The summed E-state index contributed by atoms with van der Waals surface area (Å²) in [6.07, 6.45) is 0. The number of rotatable bonds is 5. The fraction of sp³-hybridized carbons (Fsp3) is 0.263. The van der Waals surface area contributed by atoms with Crippen LogP contribution in [0.3, 0.4) is 0 Å². The molecule has 0 radical (unpaired) electrons. The molecule has 2 aromatic carbocycles. The van der Waals surface area contributed by atoms with E-state index in [1.54, 1.807) is 18.2 Å². The monoisotopic (exact) mass is 358 g/mol. The predicted octanol–water partition coefficient (Wildman–Crippen LogP) is 2.39. The zero-order valence-electron chi connectivity index (χ0n) is 13.9. The molecule has 4 N–H and O–H groups in total. The van der Waals surface area contributed by atoms with E-state index in [0.717, 1.165) is 0 Å². The Kier molecular flexibility index (Phi) is 4.46. The Morgan fingerprint density at radius 2 is 1.35 bits per heavy atom. The molecule has 0 bridgehead atoms. The molecule has 3 rings (SSSR count). The third kappa shape index (κ3) is 2.81. The molecule has 7 nitrogen and oxygen atoms in total. The van der Waals surface area contributed by atoms with Crippen molar-refractivity contribution in [3.05, 3.63) is 53.6 Å². The quantitative estimate of drug-likeness (QED) is 0.647. The molecule has 0 aromatic heterocycles. The molecule has 0 unspecified atom stereocenters. The maximum absolute atomic E-state index is 11.7. The van der Waals surface area contributed by atoms with E-state index in [1.807, 2.05) is 0 Å². The lowest BCUT2D eigenvalue weighted by atomic mass is 9.52. The summed E-state index contributed by atoms with van der Waals surface area (Å²) >= 11 is 0. The van der Waals surface area contributed by atoms with Crippen LogP contribution in [0.1, 0.15) is 23.0 Å². The molecule has 0 heterocycles. The molecule has 4 atom stereocenters. The first-order chi connectivity index (χ1) is 12.3. The fourth-order valence-corrected chi connectivity index (χ4v) is 3.79. The Morgan fingerprint density at radius 3 is 1.85 bits per heavy atom. The van der Waals surface area contributed by atoms with Gasteiger partial charge in [0.1, 0.15) is 5.75 Å². The van der Waals surface area contributed by atoms with Gasteiger partial charge in [0.25, 0.3) is 0 Å². The molecule has 0 spiro atoms. The molecule has 1 aliphatic carbocycles. The lowest BCUT2D eigenvalue weighted by molar-refractivity contribution is -0.164. The number of carboxylic acids is 2.